The Morgan fingerprint density at radius 1 is 1.18 bits per heavy atom. The van der Waals surface area contributed by atoms with E-state index in [1.807, 2.05) is 6.20 Å². The topological polar surface area (TPSA) is 37.9 Å². The molecule has 3 aromatic rings. The van der Waals surface area contributed by atoms with E-state index in [0.29, 0.717) is 0 Å². The Balaban J connectivity index is 2.12. The lowest BCUT2D eigenvalue weighted by Gasteiger charge is -2.14. The van der Waals surface area contributed by atoms with E-state index in [-0.39, 0.29) is 7.92 Å². The molecule has 0 unspecified atom stereocenters. The molecule has 3 nitrogen and oxygen atoms in total. The first-order valence-electron chi connectivity index (χ1n) is 7.45. The van der Waals surface area contributed by atoms with Gasteiger partial charge in [0.25, 0.3) is 0 Å². The number of aromatic amines is 1. The van der Waals surface area contributed by atoms with Crippen molar-refractivity contribution in [1.82, 2.24) is 9.97 Å². The summed E-state index contributed by atoms with van der Waals surface area (Å²) in [7, 11) is 1.52. The zero-order valence-electron chi connectivity index (χ0n) is 13.5. The lowest BCUT2D eigenvalue weighted by Crippen LogP contribution is -2.05. The molecule has 0 aliphatic carbocycles. The molecule has 0 aliphatic heterocycles. The van der Waals surface area contributed by atoms with Crippen molar-refractivity contribution in [2.75, 3.05) is 20.4 Å². The fourth-order valence-corrected chi connectivity index (χ4v) is 3.73. The van der Waals surface area contributed by atoms with Crippen LogP contribution in [0.25, 0.3) is 22.2 Å². The second kappa shape index (κ2) is 6.10. The summed E-state index contributed by atoms with van der Waals surface area (Å²) in [5.74, 6) is 0.977. The lowest BCUT2D eigenvalue weighted by molar-refractivity contribution is 0.418. The zero-order chi connectivity index (χ0) is 15.7. The van der Waals surface area contributed by atoms with Crippen LogP contribution in [0.5, 0.6) is 5.75 Å². The summed E-state index contributed by atoms with van der Waals surface area (Å²) in [6, 6.07) is 8.65. The molecule has 0 spiro atoms. The van der Waals surface area contributed by atoms with Gasteiger partial charge < -0.3 is 9.72 Å². The monoisotopic (exact) mass is 312 g/mol. The van der Waals surface area contributed by atoms with Crippen molar-refractivity contribution in [2.24, 2.45) is 0 Å². The number of rotatable bonds is 4. The summed E-state index contributed by atoms with van der Waals surface area (Å²) in [5.41, 5.74) is 4.63. The summed E-state index contributed by atoms with van der Waals surface area (Å²) in [4.78, 5) is 7.80. The summed E-state index contributed by atoms with van der Waals surface area (Å²) < 4.78 is 5.49. The van der Waals surface area contributed by atoms with Crippen LogP contribution in [0.3, 0.4) is 0 Å². The number of nitrogens with zero attached hydrogens (tertiary/aromatic N) is 1. The highest BCUT2D eigenvalue weighted by molar-refractivity contribution is 7.64. The Bertz CT molecular complexity index is 808. The number of methoxy groups -OCH3 is 1. The van der Waals surface area contributed by atoms with Crippen molar-refractivity contribution < 1.29 is 4.74 Å². The largest absolute Gasteiger partial charge is 0.496 e. The highest BCUT2D eigenvalue weighted by atomic mass is 31.1. The standard InChI is InChI=1S/C18H21N2OP/c1-5-12-10-19-18-15(12)8-14(11-20-18)13-6-7-16(21-2)17(9-13)22(3)4/h6-11H,5H2,1-4H3,(H,19,20). The molecule has 0 bridgehead atoms. The number of ether oxygens (including phenoxy) is 1. The molecule has 22 heavy (non-hydrogen) atoms. The third-order valence-electron chi connectivity index (χ3n) is 3.99. The lowest BCUT2D eigenvalue weighted by atomic mass is 10.0. The van der Waals surface area contributed by atoms with Gasteiger partial charge in [0, 0.05) is 28.6 Å². The van der Waals surface area contributed by atoms with Crippen LogP contribution in [-0.2, 0) is 6.42 Å². The van der Waals surface area contributed by atoms with Crippen LogP contribution in [0.2, 0.25) is 0 Å². The highest BCUT2D eigenvalue weighted by Gasteiger charge is 2.11. The molecule has 114 valence electrons. The molecule has 0 amide bonds. The quantitative estimate of drug-likeness (QED) is 0.734. The fraction of sp³-hybridized carbons (Fsp3) is 0.278. The van der Waals surface area contributed by atoms with Crippen molar-refractivity contribution >= 4 is 24.3 Å². The molecule has 0 aliphatic rings. The van der Waals surface area contributed by atoms with E-state index in [2.05, 4.69) is 60.7 Å². The number of hydrogen-bond donors (Lipinski definition) is 1. The SMILES string of the molecule is CCc1c[nH]c2ncc(-c3ccc(OC)c(P(C)C)c3)cc12. The zero-order valence-corrected chi connectivity index (χ0v) is 14.4. The van der Waals surface area contributed by atoms with Crippen LogP contribution in [0.4, 0.5) is 0 Å². The van der Waals surface area contributed by atoms with Crippen LogP contribution in [-0.4, -0.2) is 30.4 Å². The summed E-state index contributed by atoms with van der Waals surface area (Å²) in [6.45, 7) is 6.67. The average molecular weight is 312 g/mol. The molecule has 0 saturated heterocycles. The van der Waals surface area contributed by atoms with Gasteiger partial charge in [-0.3, -0.25) is 0 Å². The maximum absolute atomic E-state index is 5.49. The fourth-order valence-electron chi connectivity index (χ4n) is 2.73. The normalized spacial score (nSPS) is 11.3. The highest BCUT2D eigenvalue weighted by Crippen LogP contribution is 2.33. The molecule has 0 saturated carbocycles. The van der Waals surface area contributed by atoms with Gasteiger partial charge in [-0.25, -0.2) is 4.98 Å². The Morgan fingerprint density at radius 3 is 2.68 bits per heavy atom. The van der Waals surface area contributed by atoms with E-state index in [4.69, 9.17) is 4.74 Å². The van der Waals surface area contributed by atoms with Gasteiger partial charge >= 0.3 is 0 Å². The first-order chi connectivity index (χ1) is 10.6. The minimum atomic E-state index is -0.215. The van der Waals surface area contributed by atoms with Crippen molar-refractivity contribution in [3.63, 3.8) is 0 Å². The number of aromatic nitrogens is 2. The van der Waals surface area contributed by atoms with E-state index in [1.165, 1.54) is 21.8 Å². The molecule has 0 fully saturated rings. The number of aryl methyl sites for hydroxylation is 1. The molecular formula is C18H21N2OP. The minimum Gasteiger partial charge on any atom is -0.496 e. The second-order valence-electron chi connectivity index (χ2n) is 5.57. The number of fused-ring (bicyclic) bond motifs is 1. The van der Waals surface area contributed by atoms with Crippen molar-refractivity contribution in [1.29, 1.82) is 0 Å². The van der Waals surface area contributed by atoms with E-state index in [1.54, 1.807) is 7.11 Å². The maximum Gasteiger partial charge on any atom is 0.137 e. The van der Waals surface area contributed by atoms with Crippen LogP contribution in [0, 0.1) is 0 Å². The number of hydrogen-bond acceptors (Lipinski definition) is 2. The van der Waals surface area contributed by atoms with Gasteiger partial charge in [-0.1, -0.05) is 20.9 Å². The summed E-state index contributed by atoms with van der Waals surface area (Å²) in [5, 5.41) is 2.51. The van der Waals surface area contributed by atoms with Gasteiger partial charge in [0.1, 0.15) is 11.4 Å². The molecule has 1 aromatic carbocycles. The van der Waals surface area contributed by atoms with Crippen molar-refractivity contribution in [2.45, 2.75) is 13.3 Å². The molecule has 0 atom stereocenters. The first kappa shape index (κ1) is 15.1. The smallest absolute Gasteiger partial charge is 0.137 e. The number of benzene rings is 1. The van der Waals surface area contributed by atoms with Gasteiger partial charge in [-0.05, 0) is 49.1 Å². The van der Waals surface area contributed by atoms with Gasteiger partial charge in [0.15, 0.2) is 0 Å². The van der Waals surface area contributed by atoms with Gasteiger partial charge in [-0.15, -0.1) is 0 Å². The van der Waals surface area contributed by atoms with Gasteiger partial charge in [-0.2, -0.15) is 0 Å². The Hall–Kier alpha value is -1.86. The predicted octanol–water partition coefficient (Wildman–Crippen LogP) is 4.17. The van der Waals surface area contributed by atoms with Crippen molar-refractivity contribution in [3.05, 3.63) is 42.2 Å². The van der Waals surface area contributed by atoms with Crippen LogP contribution in [0.15, 0.2) is 36.7 Å². The van der Waals surface area contributed by atoms with Crippen LogP contribution >= 0.6 is 7.92 Å². The average Bonchev–Trinajstić information content (AvgIpc) is 2.96. The Kier molecular flexibility index (Phi) is 4.17. The van der Waals surface area contributed by atoms with Gasteiger partial charge in [0.2, 0.25) is 0 Å². The summed E-state index contributed by atoms with van der Waals surface area (Å²) >= 11 is 0. The number of H-pyrrole nitrogens is 1. The second-order valence-corrected chi connectivity index (χ2v) is 7.84. The Morgan fingerprint density at radius 2 is 2.00 bits per heavy atom. The van der Waals surface area contributed by atoms with Crippen LogP contribution < -0.4 is 10.0 Å². The number of pyridine rings is 1. The summed E-state index contributed by atoms with van der Waals surface area (Å²) in [6.07, 6.45) is 5.00. The van der Waals surface area contributed by atoms with E-state index < -0.39 is 0 Å². The Labute approximate surface area is 132 Å². The first-order valence-corrected chi connectivity index (χ1v) is 9.69. The molecule has 1 N–H and O–H groups in total. The molecule has 4 heteroatoms. The third kappa shape index (κ3) is 2.62. The molecule has 0 radical (unpaired) electrons. The third-order valence-corrected chi connectivity index (χ3v) is 5.30. The van der Waals surface area contributed by atoms with E-state index in [9.17, 15) is 0 Å². The molecular weight excluding hydrogens is 291 g/mol. The minimum absolute atomic E-state index is 0.215. The molecule has 2 aromatic heterocycles. The van der Waals surface area contributed by atoms with E-state index >= 15 is 0 Å². The predicted molar refractivity (Wildman–Crippen MR) is 95.9 cm³/mol. The van der Waals surface area contributed by atoms with Gasteiger partial charge in [0.05, 0.1) is 7.11 Å². The molecule has 2 heterocycles. The maximum atomic E-state index is 5.49. The van der Waals surface area contributed by atoms with Crippen LogP contribution in [0.1, 0.15) is 12.5 Å². The van der Waals surface area contributed by atoms with Crippen molar-refractivity contribution in [3.8, 4) is 16.9 Å². The van der Waals surface area contributed by atoms with E-state index in [0.717, 1.165) is 23.4 Å². The molecule has 3 rings (SSSR count). The number of nitrogens with one attached hydrogen (secondary N) is 1.